The molecule has 1 saturated carbocycles. The fourth-order valence-corrected chi connectivity index (χ4v) is 3.82. The van der Waals surface area contributed by atoms with E-state index in [2.05, 4.69) is 12.2 Å². The van der Waals surface area contributed by atoms with Crippen LogP contribution in [0.15, 0.2) is 0 Å². The van der Waals surface area contributed by atoms with Gasteiger partial charge in [0, 0.05) is 13.2 Å². The summed E-state index contributed by atoms with van der Waals surface area (Å²) in [6, 6.07) is -0.227. The zero-order chi connectivity index (χ0) is 13.5. The third kappa shape index (κ3) is 2.14. The van der Waals surface area contributed by atoms with Crippen molar-refractivity contribution in [2.45, 2.75) is 57.1 Å². The average molecular weight is 266 g/mol. The van der Waals surface area contributed by atoms with Gasteiger partial charge in [-0.2, -0.15) is 0 Å². The van der Waals surface area contributed by atoms with Gasteiger partial charge in [0.2, 0.25) is 0 Å². The van der Waals surface area contributed by atoms with Gasteiger partial charge in [0.15, 0.2) is 0 Å². The van der Waals surface area contributed by atoms with Gasteiger partial charge < -0.3 is 9.64 Å². The monoisotopic (exact) mass is 266 g/mol. The van der Waals surface area contributed by atoms with Crippen LogP contribution < -0.4 is 5.32 Å². The summed E-state index contributed by atoms with van der Waals surface area (Å²) in [4.78, 5) is 26.1. The van der Waals surface area contributed by atoms with Crippen molar-refractivity contribution in [3.05, 3.63) is 0 Å². The molecule has 0 aromatic carbocycles. The molecule has 19 heavy (non-hydrogen) atoms. The molecule has 2 aliphatic heterocycles. The molecule has 3 aliphatic rings. The number of urea groups is 1. The molecule has 0 bridgehead atoms. The number of nitrogens with zero attached hydrogens (tertiary/aromatic N) is 1. The summed E-state index contributed by atoms with van der Waals surface area (Å²) in [6.45, 7) is 3.50. The molecule has 3 atom stereocenters. The second kappa shape index (κ2) is 4.78. The Bertz CT molecular complexity index is 392. The second-order valence-corrected chi connectivity index (χ2v) is 6.24. The zero-order valence-corrected chi connectivity index (χ0v) is 11.5. The molecule has 1 aliphatic carbocycles. The van der Waals surface area contributed by atoms with Crippen LogP contribution in [0.3, 0.4) is 0 Å². The van der Waals surface area contributed by atoms with E-state index < -0.39 is 5.54 Å². The maximum atomic E-state index is 12.3. The van der Waals surface area contributed by atoms with E-state index in [0.29, 0.717) is 12.5 Å². The van der Waals surface area contributed by atoms with Crippen LogP contribution in [0.5, 0.6) is 0 Å². The second-order valence-electron chi connectivity index (χ2n) is 6.24. The van der Waals surface area contributed by atoms with Crippen LogP contribution in [0.25, 0.3) is 0 Å². The third-order valence-electron chi connectivity index (χ3n) is 4.79. The summed E-state index contributed by atoms with van der Waals surface area (Å²) in [5, 5.41) is 2.51. The number of ether oxygens (including phenoxy) is 1. The van der Waals surface area contributed by atoms with Crippen LogP contribution in [-0.4, -0.2) is 41.6 Å². The average Bonchev–Trinajstić information content (AvgIpc) is 2.94. The van der Waals surface area contributed by atoms with Crippen LogP contribution in [0.4, 0.5) is 4.79 Å². The van der Waals surface area contributed by atoms with Crippen LogP contribution in [0.1, 0.15) is 45.4 Å². The van der Waals surface area contributed by atoms with E-state index in [0.717, 1.165) is 45.1 Å². The van der Waals surface area contributed by atoms with Gasteiger partial charge in [-0.1, -0.05) is 19.8 Å². The Labute approximate surface area is 113 Å². The topological polar surface area (TPSA) is 58.6 Å². The molecule has 2 saturated heterocycles. The van der Waals surface area contributed by atoms with Gasteiger partial charge >= 0.3 is 6.03 Å². The number of nitrogens with one attached hydrogen (secondary N) is 1. The molecule has 3 rings (SSSR count). The van der Waals surface area contributed by atoms with Crippen molar-refractivity contribution in [1.29, 1.82) is 0 Å². The standard InChI is InChI=1S/C14H22N2O3/c1-10-4-2-6-14(8-10)12(17)15-13(18)16(14)9-11-5-3-7-19-11/h10-11H,2-9H2,1H3,(H,15,17,18). The Hall–Kier alpha value is -1.10. The van der Waals surface area contributed by atoms with Gasteiger partial charge in [-0.3, -0.25) is 10.1 Å². The molecule has 0 radical (unpaired) electrons. The first kappa shape index (κ1) is 12.9. The number of carbonyl (C=O) groups excluding carboxylic acids is 2. The SMILES string of the molecule is CC1CCCC2(C1)C(=O)NC(=O)N2CC1CCCO1. The Morgan fingerprint density at radius 3 is 2.89 bits per heavy atom. The fourth-order valence-electron chi connectivity index (χ4n) is 3.82. The lowest BCUT2D eigenvalue weighted by Gasteiger charge is -2.41. The molecule has 3 amide bonds. The van der Waals surface area contributed by atoms with Gasteiger partial charge in [0.05, 0.1) is 6.10 Å². The Morgan fingerprint density at radius 2 is 2.21 bits per heavy atom. The molecular weight excluding hydrogens is 244 g/mol. The molecule has 5 heteroatoms. The smallest absolute Gasteiger partial charge is 0.325 e. The Balaban J connectivity index is 1.81. The van der Waals surface area contributed by atoms with Crippen LogP contribution in [0.2, 0.25) is 0 Å². The maximum absolute atomic E-state index is 12.3. The molecule has 3 fully saturated rings. The highest BCUT2D eigenvalue weighted by Crippen LogP contribution is 2.40. The molecule has 2 heterocycles. The van der Waals surface area contributed by atoms with Crippen LogP contribution in [0, 0.1) is 5.92 Å². The largest absolute Gasteiger partial charge is 0.376 e. The van der Waals surface area contributed by atoms with Crippen molar-refractivity contribution in [3.63, 3.8) is 0 Å². The Morgan fingerprint density at radius 1 is 1.37 bits per heavy atom. The predicted octanol–water partition coefficient (Wildman–Crippen LogP) is 1.67. The molecule has 5 nitrogen and oxygen atoms in total. The summed E-state index contributed by atoms with van der Waals surface area (Å²) in [7, 11) is 0. The molecule has 106 valence electrons. The van der Waals surface area contributed by atoms with E-state index >= 15 is 0 Å². The number of rotatable bonds is 2. The minimum atomic E-state index is -0.597. The quantitative estimate of drug-likeness (QED) is 0.773. The van der Waals surface area contributed by atoms with E-state index in [4.69, 9.17) is 4.74 Å². The lowest BCUT2D eigenvalue weighted by atomic mass is 9.75. The zero-order valence-electron chi connectivity index (χ0n) is 11.5. The van der Waals surface area contributed by atoms with Crippen molar-refractivity contribution >= 4 is 11.9 Å². The first-order valence-corrected chi connectivity index (χ1v) is 7.36. The summed E-state index contributed by atoms with van der Waals surface area (Å²) in [6.07, 6.45) is 5.90. The minimum Gasteiger partial charge on any atom is -0.376 e. The van der Waals surface area contributed by atoms with Gasteiger partial charge in [-0.05, 0) is 31.6 Å². The first-order chi connectivity index (χ1) is 9.12. The number of imide groups is 1. The van der Waals surface area contributed by atoms with Crippen molar-refractivity contribution < 1.29 is 14.3 Å². The maximum Gasteiger partial charge on any atom is 0.325 e. The highest BCUT2D eigenvalue weighted by atomic mass is 16.5. The van der Waals surface area contributed by atoms with Crippen molar-refractivity contribution in [2.75, 3.05) is 13.2 Å². The van der Waals surface area contributed by atoms with E-state index in [1.807, 2.05) is 0 Å². The lowest BCUT2D eigenvalue weighted by molar-refractivity contribution is -0.129. The predicted molar refractivity (Wildman–Crippen MR) is 69.6 cm³/mol. The van der Waals surface area contributed by atoms with Gasteiger partial charge in [0.25, 0.3) is 5.91 Å². The molecular formula is C14H22N2O3. The summed E-state index contributed by atoms with van der Waals surface area (Å²) in [5.74, 6) is 0.402. The van der Waals surface area contributed by atoms with E-state index in [1.54, 1.807) is 4.90 Å². The first-order valence-electron chi connectivity index (χ1n) is 7.36. The summed E-state index contributed by atoms with van der Waals surface area (Å²) < 4.78 is 5.63. The highest BCUT2D eigenvalue weighted by Gasteiger charge is 2.54. The van der Waals surface area contributed by atoms with Crippen molar-refractivity contribution in [1.82, 2.24) is 10.2 Å². The molecule has 0 aromatic rings. The number of hydrogen-bond acceptors (Lipinski definition) is 3. The van der Waals surface area contributed by atoms with E-state index in [9.17, 15) is 9.59 Å². The van der Waals surface area contributed by atoms with Gasteiger partial charge in [0.1, 0.15) is 5.54 Å². The molecule has 1 spiro atoms. The summed E-state index contributed by atoms with van der Waals surface area (Å²) >= 11 is 0. The fraction of sp³-hybridized carbons (Fsp3) is 0.857. The van der Waals surface area contributed by atoms with Crippen molar-refractivity contribution in [3.8, 4) is 0 Å². The van der Waals surface area contributed by atoms with Crippen molar-refractivity contribution in [2.24, 2.45) is 5.92 Å². The molecule has 0 aromatic heterocycles. The normalized spacial score (nSPS) is 39.1. The summed E-state index contributed by atoms with van der Waals surface area (Å²) in [5.41, 5.74) is -0.597. The van der Waals surface area contributed by atoms with Crippen LogP contribution in [-0.2, 0) is 9.53 Å². The van der Waals surface area contributed by atoms with E-state index in [1.165, 1.54) is 0 Å². The number of amides is 3. The lowest BCUT2D eigenvalue weighted by Crippen LogP contribution is -2.54. The molecule has 1 N–H and O–H groups in total. The third-order valence-corrected chi connectivity index (χ3v) is 4.79. The van der Waals surface area contributed by atoms with E-state index in [-0.39, 0.29) is 18.0 Å². The van der Waals surface area contributed by atoms with Gasteiger partial charge in [-0.15, -0.1) is 0 Å². The number of hydrogen-bond donors (Lipinski definition) is 1. The minimum absolute atomic E-state index is 0.0953. The van der Waals surface area contributed by atoms with Gasteiger partial charge in [-0.25, -0.2) is 4.79 Å². The highest BCUT2D eigenvalue weighted by molar-refractivity contribution is 6.07. The van der Waals surface area contributed by atoms with Crippen LogP contribution >= 0.6 is 0 Å². The molecule has 3 unspecified atom stereocenters. The Kier molecular flexibility index (Phi) is 3.25. The number of carbonyl (C=O) groups is 2.